The number of rotatable bonds is 2. The van der Waals surface area contributed by atoms with E-state index in [1.807, 2.05) is 6.92 Å². The van der Waals surface area contributed by atoms with Gasteiger partial charge in [-0.2, -0.15) is 4.31 Å². The maximum absolute atomic E-state index is 12.7. The van der Waals surface area contributed by atoms with E-state index in [2.05, 4.69) is 18.8 Å². The first-order valence-electron chi connectivity index (χ1n) is 7.26. The first kappa shape index (κ1) is 16.0. The molecule has 1 aliphatic heterocycles. The van der Waals surface area contributed by atoms with Crippen LogP contribution in [0.1, 0.15) is 32.3 Å². The van der Waals surface area contributed by atoms with Crippen molar-refractivity contribution in [3.05, 3.63) is 29.8 Å². The van der Waals surface area contributed by atoms with Crippen molar-refractivity contribution in [2.45, 2.75) is 37.6 Å². The molecule has 0 amide bonds. The van der Waals surface area contributed by atoms with Gasteiger partial charge < -0.3 is 5.73 Å². The van der Waals surface area contributed by atoms with E-state index in [0.29, 0.717) is 23.9 Å². The molecule has 0 radical (unpaired) electrons. The van der Waals surface area contributed by atoms with Crippen LogP contribution in [-0.2, 0) is 10.0 Å². The van der Waals surface area contributed by atoms with Crippen LogP contribution >= 0.6 is 0 Å². The summed E-state index contributed by atoms with van der Waals surface area (Å²) in [5, 5.41) is 0. The summed E-state index contributed by atoms with van der Waals surface area (Å²) in [5.74, 6) is 6.06. The molecular formula is C16H22N2O2S. The fourth-order valence-corrected chi connectivity index (χ4v) is 4.36. The van der Waals surface area contributed by atoms with Gasteiger partial charge in [-0.05, 0) is 49.9 Å². The van der Waals surface area contributed by atoms with E-state index in [4.69, 9.17) is 5.73 Å². The molecule has 0 bridgehead atoms. The van der Waals surface area contributed by atoms with E-state index >= 15 is 0 Å². The molecule has 1 fully saturated rings. The zero-order valence-electron chi connectivity index (χ0n) is 12.5. The lowest BCUT2D eigenvalue weighted by atomic mass is 9.97. The van der Waals surface area contributed by atoms with Crippen molar-refractivity contribution in [3.8, 4) is 11.8 Å². The lowest BCUT2D eigenvalue weighted by molar-refractivity contribution is 0.218. The summed E-state index contributed by atoms with van der Waals surface area (Å²) in [5.41, 5.74) is 6.10. The molecule has 2 N–H and O–H groups in total. The molecule has 21 heavy (non-hydrogen) atoms. The number of nitrogens with zero attached hydrogens (tertiary/aromatic N) is 1. The van der Waals surface area contributed by atoms with Crippen LogP contribution in [0.15, 0.2) is 29.2 Å². The Balaban J connectivity index is 2.26. The number of hydrogen-bond donors (Lipinski definition) is 1. The van der Waals surface area contributed by atoms with Crippen molar-refractivity contribution in [1.82, 2.24) is 4.31 Å². The quantitative estimate of drug-likeness (QED) is 0.848. The Labute approximate surface area is 127 Å². The first-order chi connectivity index (χ1) is 9.95. The van der Waals surface area contributed by atoms with Crippen LogP contribution in [0.3, 0.4) is 0 Å². The number of sulfonamides is 1. The number of benzene rings is 1. The van der Waals surface area contributed by atoms with Crippen LogP contribution in [0, 0.1) is 17.8 Å². The average Bonchev–Trinajstić information content (AvgIpc) is 2.48. The summed E-state index contributed by atoms with van der Waals surface area (Å²) < 4.78 is 27.1. The molecule has 0 saturated carbocycles. The molecule has 1 aromatic rings. The van der Waals surface area contributed by atoms with Crippen molar-refractivity contribution in [2.75, 3.05) is 13.1 Å². The highest BCUT2D eigenvalue weighted by Crippen LogP contribution is 2.27. The van der Waals surface area contributed by atoms with Gasteiger partial charge in [0.25, 0.3) is 0 Å². The molecule has 1 saturated heterocycles. The minimum atomic E-state index is -3.42. The van der Waals surface area contributed by atoms with Gasteiger partial charge in [-0.1, -0.05) is 18.8 Å². The Morgan fingerprint density at radius 2 is 1.90 bits per heavy atom. The minimum absolute atomic E-state index is 0.0582. The Bertz CT molecular complexity index is 641. The van der Waals surface area contributed by atoms with Crippen molar-refractivity contribution >= 4 is 10.0 Å². The van der Waals surface area contributed by atoms with Gasteiger partial charge in [0.1, 0.15) is 0 Å². The molecule has 1 heterocycles. The number of nitrogens with two attached hydrogens (primary N) is 1. The summed E-state index contributed by atoms with van der Waals surface area (Å²) in [6.07, 6.45) is 2.00. The third-order valence-electron chi connectivity index (χ3n) is 3.86. The Kier molecular flexibility index (Phi) is 5.04. The zero-order valence-corrected chi connectivity index (χ0v) is 13.4. The van der Waals surface area contributed by atoms with Crippen LogP contribution < -0.4 is 5.73 Å². The van der Waals surface area contributed by atoms with Gasteiger partial charge in [-0.25, -0.2) is 8.42 Å². The highest BCUT2D eigenvalue weighted by molar-refractivity contribution is 7.89. The van der Waals surface area contributed by atoms with E-state index in [9.17, 15) is 8.42 Å². The lowest BCUT2D eigenvalue weighted by Crippen LogP contribution is -2.44. The van der Waals surface area contributed by atoms with Gasteiger partial charge in [0.2, 0.25) is 10.0 Å². The second-order valence-corrected chi connectivity index (χ2v) is 7.53. The minimum Gasteiger partial charge on any atom is -0.320 e. The molecular weight excluding hydrogens is 284 g/mol. The normalized spacial score (nSPS) is 23.4. The van der Waals surface area contributed by atoms with Gasteiger partial charge in [-0.3, -0.25) is 0 Å². The molecule has 0 spiro atoms. The maximum Gasteiger partial charge on any atom is 0.243 e. The second-order valence-electron chi connectivity index (χ2n) is 5.64. The summed E-state index contributed by atoms with van der Waals surface area (Å²) in [4.78, 5) is 0.335. The monoisotopic (exact) mass is 306 g/mol. The molecule has 1 aromatic carbocycles. The SMILES string of the molecule is CC1CCC(C)N(S(=O)(=O)c2ccc(C#CCN)cc2)C1. The first-order valence-corrected chi connectivity index (χ1v) is 8.70. The van der Waals surface area contributed by atoms with Gasteiger partial charge in [-0.15, -0.1) is 0 Å². The Morgan fingerprint density at radius 1 is 1.24 bits per heavy atom. The van der Waals surface area contributed by atoms with E-state index in [-0.39, 0.29) is 6.04 Å². The van der Waals surface area contributed by atoms with E-state index < -0.39 is 10.0 Å². The summed E-state index contributed by atoms with van der Waals surface area (Å²) in [7, 11) is -3.42. The third-order valence-corrected chi connectivity index (χ3v) is 5.85. The smallest absolute Gasteiger partial charge is 0.243 e. The molecule has 2 unspecified atom stereocenters. The van der Waals surface area contributed by atoms with Crippen LogP contribution in [0.5, 0.6) is 0 Å². The van der Waals surface area contributed by atoms with Crippen LogP contribution in [-0.4, -0.2) is 31.9 Å². The molecule has 4 nitrogen and oxygen atoms in total. The van der Waals surface area contributed by atoms with Crippen molar-refractivity contribution in [1.29, 1.82) is 0 Å². The van der Waals surface area contributed by atoms with Crippen LogP contribution in [0.2, 0.25) is 0 Å². The van der Waals surface area contributed by atoms with E-state index in [1.165, 1.54) is 0 Å². The molecule has 5 heteroatoms. The summed E-state index contributed by atoms with van der Waals surface area (Å²) in [6, 6.07) is 6.77. The third kappa shape index (κ3) is 3.65. The van der Waals surface area contributed by atoms with Crippen LogP contribution in [0.4, 0.5) is 0 Å². The van der Waals surface area contributed by atoms with Crippen molar-refractivity contribution in [3.63, 3.8) is 0 Å². The predicted octanol–water partition coefficient (Wildman–Crippen LogP) is 1.81. The number of piperidine rings is 1. The average molecular weight is 306 g/mol. The van der Waals surface area contributed by atoms with Crippen molar-refractivity contribution < 1.29 is 8.42 Å². The standard InChI is InChI=1S/C16H22N2O2S/c1-13-5-6-14(2)18(12-13)21(19,20)16-9-7-15(8-10-16)4-3-11-17/h7-10,13-14H,5-6,11-12,17H2,1-2H3. The fourth-order valence-electron chi connectivity index (χ4n) is 2.58. The van der Waals surface area contributed by atoms with Crippen LogP contribution in [0.25, 0.3) is 0 Å². The van der Waals surface area contributed by atoms with Gasteiger partial charge in [0.15, 0.2) is 0 Å². The van der Waals surface area contributed by atoms with E-state index in [1.54, 1.807) is 28.6 Å². The molecule has 0 aromatic heterocycles. The topological polar surface area (TPSA) is 63.4 Å². The molecule has 0 aliphatic carbocycles. The number of hydrogen-bond acceptors (Lipinski definition) is 3. The predicted molar refractivity (Wildman–Crippen MR) is 84.1 cm³/mol. The van der Waals surface area contributed by atoms with Gasteiger partial charge >= 0.3 is 0 Å². The second kappa shape index (κ2) is 6.61. The van der Waals surface area contributed by atoms with E-state index in [0.717, 1.165) is 18.4 Å². The lowest BCUT2D eigenvalue weighted by Gasteiger charge is -2.35. The largest absolute Gasteiger partial charge is 0.320 e. The van der Waals surface area contributed by atoms with Gasteiger partial charge in [0, 0.05) is 18.2 Å². The fraction of sp³-hybridized carbons (Fsp3) is 0.500. The molecule has 1 aliphatic rings. The van der Waals surface area contributed by atoms with Crippen molar-refractivity contribution in [2.24, 2.45) is 11.7 Å². The highest BCUT2D eigenvalue weighted by atomic mass is 32.2. The Hall–Kier alpha value is -1.35. The summed E-state index contributed by atoms with van der Waals surface area (Å²) >= 11 is 0. The molecule has 114 valence electrons. The Morgan fingerprint density at radius 3 is 2.52 bits per heavy atom. The molecule has 2 atom stereocenters. The molecule has 2 rings (SSSR count). The summed E-state index contributed by atoms with van der Waals surface area (Å²) in [6.45, 7) is 4.96. The van der Waals surface area contributed by atoms with Gasteiger partial charge in [0.05, 0.1) is 11.4 Å². The zero-order chi connectivity index (χ0) is 15.5. The highest BCUT2D eigenvalue weighted by Gasteiger charge is 2.33. The maximum atomic E-state index is 12.7.